The van der Waals surface area contributed by atoms with Crippen molar-refractivity contribution in [2.75, 3.05) is 18.5 Å². The molecule has 0 radical (unpaired) electrons. The number of rotatable bonds is 3. The maximum atomic E-state index is 13.3. The summed E-state index contributed by atoms with van der Waals surface area (Å²) in [6.07, 6.45) is 1.92. The number of anilines is 1. The minimum atomic E-state index is -0.775. The maximum absolute atomic E-state index is 13.3. The summed E-state index contributed by atoms with van der Waals surface area (Å²) in [5, 5.41) is 0. The fraction of sp³-hybridized carbons (Fsp3) is 0.357. The number of hydrogen-bond acceptors (Lipinski definition) is 3. The quantitative estimate of drug-likeness (QED) is 0.773. The van der Waals surface area contributed by atoms with Crippen LogP contribution in [0.15, 0.2) is 18.2 Å². The summed E-state index contributed by atoms with van der Waals surface area (Å²) in [4.78, 5) is 38.4. The van der Waals surface area contributed by atoms with E-state index in [9.17, 15) is 18.8 Å². The molecular weight excluding hydrogens is 263 g/mol. The van der Waals surface area contributed by atoms with E-state index in [1.165, 1.54) is 6.07 Å². The molecule has 0 N–H and O–H groups in total. The molecule has 0 saturated heterocycles. The highest BCUT2D eigenvalue weighted by Gasteiger charge is 2.38. The predicted octanol–water partition coefficient (Wildman–Crippen LogP) is 0.976. The van der Waals surface area contributed by atoms with Crippen LogP contribution in [0.2, 0.25) is 0 Å². The molecule has 0 atom stereocenters. The smallest absolute Gasteiger partial charge is 0.299 e. The molecule has 1 aromatic rings. The summed E-state index contributed by atoms with van der Waals surface area (Å²) in [5.41, 5.74) is 0.329. The lowest BCUT2D eigenvalue weighted by Crippen LogP contribution is -2.41. The minimum absolute atomic E-state index is 0.151. The summed E-state index contributed by atoms with van der Waals surface area (Å²) >= 11 is 0. The van der Waals surface area contributed by atoms with Gasteiger partial charge in [0.2, 0.25) is 5.91 Å². The molecule has 0 bridgehead atoms. The van der Waals surface area contributed by atoms with Crippen molar-refractivity contribution in [3.8, 4) is 0 Å². The van der Waals surface area contributed by atoms with Gasteiger partial charge in [0.05, 0.1) is 11.3 Å². The van der Waals surface area contributed by atoms with Crippen molar-refractivity contribution < 1.29 is 18.8 Å². The molecule has 1 fully saturated rings. The molecule has 0 spiro atoms. The molecule has 1 saturated carbocycles. The molecule has 5 nitrogen and oxygen atoms in total. The Bertz CT molecular complexity index is 625. The van der Waals surface area contributed by atoms with E-state index in [4.69, 9.17) is 0 Å². The normalized spacial score (nSPS) is 17.4. The second-order valence-corrected chi connectivity index (χ2v) is 5.12. The number of nitrogens with zero attached hydrogens (tertiary/aromatic N) is 2. The third-order valence-corrected chi connectivity index (χ3v) is 3.72. The molecule has 1 aliphatic heterocycles. The van der Waals surface area contributed by atoms with Crippen LogP contribution in [0.3, 0.4) is 0 Å². The zero-order chi connectivity index (χ0) is 14.4. The van der Waals surface area contributed by atoms with Crippen molar-refractivity contribution in [3.05, 3.63) is 29.6 Å². The van der Waals surface area contributed by atoms with Crippen molar-refractivity contribution in [1.29, 1.82) is 0 Å². The molecule has 0 unspecified atom stereocenters. The Morgan fingerprint density at radius 1 is 1.40 bits per heavy atom. The SMILES string of the molecule is CN(C(=O)CN1C(=O)C(=O)c2ccc(F)cc21)C1CC1. The Morgan fingerprint density at radius 3 is 2.75 bits per heavy atom. The average molecular weight is 276 g/mol. The maximum Gasteiger partial charge on any atom is 0.299 e. The number of likely N-dealkylation sites (N-methyl/N-ethyl adjacent to an activating group) is 1. The van der Waals surface area contributed by atoms with Gasteiger partial charge in [-0.15, -0.1) is 0 Å². The van der Waals surface area contributed by atoms with E-state index in [1.54, 1.807) is 11.9 Å². The van der Waals surface area contributed by atoms with Crippen LogP contribution in [0.5, 0.6) is 0 Å². The number of ketones is 1. The van der Waals surface area contributed by atoms with Gasteiger partial charge in [0, 0.05) is 13.1 Å². The number of carbonyl (C=O) groups is 3. The first-order valence-corrected chi connectivity index (χ1v) is 6.40. The number of hydrogen-bond donors (Lipinski definition) is 0. The second kappa shape index (κ2) is 4.40. The van der Waals surface area contributed by atoms with Gasteiger partial charge in [-0.2, -0.15) is 0 Å². The van der Waals surface area contributed by atoms with E-state index in [0.717, 1.165) is 29.9 Å². The zero-order valence-corrected chi connectivity index (χ0v) is 10.9. The van der Waals surface area contributed by atoms with Crippen molar-refractivity contribution in [2.45, 2.75) is 18.9 Å². The standard InChI is InChI=1S/C14H13FN2O3/c1-16(9-3-4-9)12(18)7-17-11-6-8(15)2-5-10(11)13(19)14(17)20/h2,5-6,9H,3-4,7H2,1H3. The highest BCUT2D eigenvalue weighted by Crippen LogP contribution is 2.30. The van der Waals surface area contributed by atoms with Crippen LogP contribution in [-0.2, 0) is 9.59 Å². The van der Waals surface area contributed by atoms with E-state index in [1.807, 2.05) is 0 Å². The summed E-state index contributed by atoms with van der Waals surface area (Å²) in [5.74, 6) is -2.25. The lowest BCUT2D eigenvalue weighted by atomic mass is 10.1. The largest absolute Gasteiger partial charge is 0.341 e. The topological polar surface area (TPSA) is 57.7 Å². The third-order valence-electron chi connectivity index (χ3n) is 3.72. The van der Waals surface area contributed by atoms with Gasteiger partial charge in [0.25, 0.3) is 11.7 Å². The first kappa shape index (κ1) is 12.8. The van der Waals surface area contributed by atoms with Gasteiger partial charge in [-0.1, -0.05) is 0 Å². The number of amides is 2. The first-order chi connectivity index (χ1) is 9.49. The number of fused-ring (bicyclic) bond motifs is 1. The number of carbonyl (C=O) groups excluding carboxylic acids is 3. The summed E-state index contributed by atoms with van der Waals surface area (Å²) in [7, 11) is 1.68. The number of Topliss-reactive ketones (excluding diaryl/α,β-unsaturated/α-hetero) is 1. The van der Waals surface area contributed by atoms with Crippen LogP contribution in [0.25, 0.3) is 0 Å². The highest BCUT2D eigenvalue weighted by molar-refractivity contribution is 6.52. The monoisotopic (exact) mass is 276 g/mol. The van der Waals surface area contributed by atoms with Gasteiger partial charge >= 0.3 is 0 Å². The van der Waals surface area contributed by atoms with Crippen LogP contribution < -0.4 is 4.90 Å². The number of benzene rings is 1. The molecule has 1 heterocycles. The summed E-state index contributed by atoms with van der Waals surface area (Å²) < 4.78 is 13.3. The van der Waals surface area contributed by atoms with Crippen LogP contribution in [0.4, 0.5) is 10.1 Å². The van der Waals surface area contributed by atoms with Crippen molar-refractivity contribution in [2.24, 2.45) is 0 Å². The van der Waals surface area contributed by atoms with E-state index >= 15 is 0 Å². The van der Waals surface area contributed by atoms with Gasteiger partial charge in [-0.25, -0.2) is 4.39 Å². The Balaban J connectivity index is 1.86. The Hall–Kier alpha value is -2.24. The van der Waals surface area contributed by atoms with Crippen molar-refractivity contribution in [3.63, 3.8) is 0 Å². The van der Waals surface area contributed by atoms with Gasteiger partial charge in [0.15, 0.2) is 0 Å². The molecule has 0 aromatic heterocycles. The fourth-order valence-electron chi connectivity index (χ4n) is 2.34. The summed E-state index contributed by atoms with van der Waals surface area (Å²) in [6.45, 7) is -0.228. The van der Waals surface area contributed by atoms with Crippen molar-refractivity contribution >= 4 is 23.3 Å². The predicted molar refractivity (Wildman–Crippen MR) is 68.9 cm³/mol. The third kappa shape index (κ3) is 1.97. The van der Waals surface area contributed by atoms with Crippen LogP contribution >= 0.6 is 0 Å². The molecule has 2 aliphatic rings. The highest BCUT2D eigenvalue weighted by atomic mass is 19.1. The van der Waals surface area contributed by atoms with Crippen LogP contribution in [-0.4, -0.2) is 42.1 Å². The second-order valence-electron chi connectivity index (χ2n) is 5.12. The molecule has 3 rings (SSSR count). The molecule has 1 aliphatic carbocycles. The first-order valence-electron chi connectivity index (χ1n) is 6.40. The molecule has 20 heavy (non-hydrogen) atoms. The summed E-state index contributed by atoms with van der Waals surface area (Å²) in [6, 6.07) is 3.75. The van der Waals surface area contributed by atoms with Gasteiger partial charge in [0.1, 0.15) is 12.4 Å². The Labute approximate surface area is 115 Å². The molecule has 2 amide bonds. The average Bonchev–Trinajstić information content (AvgIpc) is 3.23. The fourth-order valence-corrected chi connectivity index (χ4v) is 2.34. The molecular formula is C14H13FN2O3. The van der Waals surface area contributed by atoms with E-state index in [-0.39, 0.29) is 29.7 Å². The minimum Gasteiger partial charge on any atom is -0.341 e. The van der Waals surface area contributed by atoms with Gasteiger partial charge < -0.3 is 4.90 Å². The van der Waals surface area contributed by atoms with E-state index < -0.39 is 17.5 Å². The van der Waals surface area contributed by atoms with Crippen LogP contribution in [0.1, 0.15) is 23.2 Å². The lowest BCUT2D eigenvalue weighted by molar-refractivity contribution is -0.130. The van der Waals surface area contributed by atoms with Gasteiger partial charge in [-0.05, 0) is 31.0 Å². The molecule has 1 aromatic carbocycles. The van der Waals surface area contributed by atoms with Crippen LogP contribution in [0, 0.1) is 5.82 Å². The molecule has 6 heteroatoms. The van der Waals surface area contributed by atoms with E-state index in [0.29, 0.717) is 0 Å². The van der Waals surface area contributed by atoms with E-state index in [2.05, 4.69) is 0 Å². The van der Waals surface area contributed by atoms with Crippen molar-refractivity contribution in [1.82, 2.24) is 4.90 Å². The van der Waals surface area contributed by atoms with Gasteiger partial charge in [-0.3, -0.25) is 19.3 Å². The number of halogens is 1. The zero-order valence-electron chi connectivity index (χ0n) is 10.9. The molecule has 104 valence electrons. The lowest BCUT2D eigenvalue weighted by Gasteiger charge is -2.21. The Kier molecular flexibility index (Phi) is 2.81. The Morgan fingerprint density at radius 2 is 2.10 bits per heavy atom.